The van der Waals surface area contributed by atoms with Gasteiger partial charge in [-0.15, -0.1) is 0 Å². The molecule has 0 bridgehead atoms. The van der Waals surface area contributed by atoms with E-state index in [9.17, 15) is 23.6 Å². The molecule has 0 saturated carbocycles. The largest absolute Gasteiger partial charge is 0.444 e. The van der Waals surface area contributed by atoms with Crippen LogP contribution >= 0.6 is 0 Å². The summed E-state index contributed by atoms with van der Waals surface area (Å²) < 4.78 is 26.0. The summed E-state index contributed by atoms with van der Waals surface area (Å²) in [6, 6.07) is 37.3. The van der Waals surface area contributed by atoms with Crippen molar-refractivity contribution in [3.8, 4) is 22.5 Å². The zero-order valence-corrected chi connectivity index (χ0v) is 28.6. The first kappa shape index (κ1) is 35.2. The van der Waals surface area contributed by atoms with Crippen LogP contribution in [0.15, 0.2) is 149 Å². The number of fused-ring (bicyclic) bond motifs is 1. The molecular weight excluding hydrogens is 689 g/mol. The van der Waals surface area contributed by atoms with E-state index in [-0.39, 0.29) is 30.4 Å². The van der Waals surface area contributed by atoms with Crippen molar-refractivity contribution < 1.29 is 27.9 Å². The maximum atomic E-state index is 14.0. The molecule has 0 aliphatic heterocycles. The van der Waals surface area contributed by atoms with Gasteiger partial charge in [0.2, 0.25) is 11.7 Å². The fourth-order valence-electron chi connectivity index (χ4n) is 5.86. The highest BCUT2D eigenvalue weighted by atomic mass is 19.1. The van der Waals surface area contributed by atoms with Crippen LogP contribution < -0.4 is 16.2 Å². The molecule has 12 heteroatoms. The molecule has 0 spiro atoms. The number of amides is 2. The minimum atomic E-state index is -1.14. The van der Waals surface area contributed by atoms with Gasteiger partial charge in [0.1, 0.15) is 42.0 Å². The maximum absolute atomic E-state index is 14.0. The van der Waals surface area contributed by atoms with Crippen molar-refractivity contribution in [2.45, 2.75) is 25.6 Å². The second-order valence-electron chi connectivity index (χ2n) is 12.3. The number of carbonyl (C=O) groups excluding carboxylic acids is 3. The Hall–Kier alpha value is -7.21. The van der Waals surface area contributed by atoms with Crippen molar-refractivity contribution in [2.24, 2.45) is 0 Å². The van der Waals surface area contributed by atoms with Gasteiger partial charge >= 0.3 is 6.09 Å². The Bertz CT molecular complexity index is 2490. The SMILES string of the molecule is O=C(Cn1c(-c2ccc(F)cc2)ncc(NC(=O)OCc2ccccc2)c1=O)NC(Cc1ccccc1)C(=O)c1nc2cc(-c3ccccc3)ccc2o1. The molecule has 2 aromatic heterocycles. The van der Waals surface area contributed by atoms with Gasteiger partial charge in [-0.2, -0.15) is 0 Å². The van der Waals surface area contributed by atoms with Crippen LogP contribution in [0.2, 0.25) is 0 Å². The Morgan fingerprint density at radius 1 is 0.778 bits per heavy atom. The molecule has 11 nitrogen and oxygen atoms in total. The molecule has 2 N–H and O–H groups in total. The number of ketones is 1. The Morgan fingerprint density at radius 2 is 1.43 bits per heavy atom. The topological polar surface area (TPSA) is 145 Å². The Morgan fingerprint density at radius 3 is 2.13 bits per heavy atom. The summed E-state index contributed by atoms with van der Waals surface area (Å²) in [5, 5.41) is 5.16. The lowest BCUT2D eigenvalue weighted by atomic mass is 10.0. The number of hydrogen-bond donors (Lipinski definition) is 2. The highest BCUT2D eigenvalue weighted by Gasteiger charge is 2.28. The number of oxazole rings is 1. The van der Waals surface area contributed by atoms with Gasteiger partial charge in [0, 0.05) is 12.0 Å². The Kier molecular flexibility index (Phi) is 10.4. The summed E-state index contributed by atoms with van der Waals surface area (Å²) in [7, 11) is 0. The highest BCUT2D eigenvalue weighted by molar-refractivity contribution is 6.00. The van der Waals surface area contributed by atoms with E-state index >= 15 is 0 Å². The van der Waals surface area contributed by atoms with E-state index < -0.39 is 41.7 Å². The lowest BCUT2D eigenvalue weighted by molar-refractivity contribution is -0.122. The van der Waals surface area contributed by atoms with Crippen molar-refractivity contribution in [3.05, 3.63) is 173 Å². The van der Waals surface area contributed by atoms with Crippen molar-refractivity contribution in [1.29, 1.82) is 0 Å². The molecule has 1 atom stereocenters. The first-order chi connectivity index (χ1) is 26.3. The first-order valence-electron chi connectivity index (χ1n) is 17.0. The van der Waals surface area contributed by atoms with E-state index in [1.54, 1.807) is 30.3 Å². The second-order valence-corrected chi connectivity index (χ2v) is 12.3. The second kappa shape index (κ2) is 16.0. The maximum Gasteiger partial charge on any atom is 0.412 e. The number of benzene rings is 5. The van der Waals surface area contributed by atoms with Crippen molar-refractivity contribution in [1.82, 2.24) is 19.9 Å². The molecule has 268 valence electrons. The molecular formula is C42H32FN5O6. The number of carbonyl (C=O) groups is 3. The number of nitrogens with one attached hydrogen (secondary N) is 2. The third kappa shape index (κ3) is 8.29. The number of aromatic nitrogens is 3. The van der Waals surface area contributed by atoms with E-state index in [1.807, 2.05) is 78.9 Å². The first-order valence-corrected chi connectivity index (χ1v) is 17.0. The number of nitrogens with zero attached hydrogens (tertiary/aromatic N) is 3. The fraction of sp³-hybridized carbons (Fsp3) is 0.0952. The van der Waals surface area contributed by atoms with Gasteiger partial charge < -0.3 is 14.5 Å². The number of anilines is 1. The average Bonchev–Trinajstić information content (AvgIpc) is 3.63. The fourth-order valence-corrected chi connectivity index (χ4v) is 5.86. The number of hydrogen-bond acceptors (Lipinski definition) is 8. The molecule has 1 unspecified atom stereocenters. The zero-order valence-electron chi connectivity index (χ0n) is 28.6. The van der Waals surface area contributed by atoms with Crippen LogP contribution in [0.25, 0.3) is 33.6 Å². The van der Waals surface area contributed by atoms with Gasteiger partial charge in [-0.05, 0) is 58.7 Å². The minimum Gasteiger partial charge on any atom is -0.444 e. The van der Waals surface area contributed by atoms with Crippen LogP contribution in [0.5, 0.6) is 0 Å². The van der Waals surface area contributed by atoms with E-state index in [4.69, 9.17) is 9.15 Å². The number of Topliss-reactive ketones (excluding diaryl/α,β-unsaturated/α-hetero) is 1. The van der Waals surface area contributed by atoms with Crippen molar-refractivity contribution in [2.75, 3.05) is 5.32 Å². The third-order valence-corrected chi connectivity index (χ3v) is 8.54. The Labute approximate surface area is 308 Å². The molecule has 0 aliphatic carbocycles. The minimum absolute atomic E-state index is 0.0254. The summed E-state index contributed by atoms with van der Waals surface area (Å²) in [4.78, 5) is 63.2. The highest BCUT2D eigenvalue weighted by Crippen LogP contribution is 2.26. The van der Waals surface area contributed by atoms with Crippen LogP contribution in [0.1, 0.15) is 21.8 Å². The van der Waals surface area contributed by atoms with E-state index in [1.165, 1.54) is 24.3 Å². The number of rotatable bonds is 12. The zero-order chi connectivity index (χ0) is 37.4. The molecule has 2 heterocycles. The van der Waals surface area contributed by atoms with Crippen molar-refractivity contribution >= 4 is 34.6 Å². The summed E-state index contributed by atoms with van der Waals surface area (Å²) >= 11 is 0. The number of ether oxygens (including phenoxy) is 1. The molecule has 5 aromatic carbocycles. The van der Waals surface area contributed by atoms with E-state index in [0.29, 0.717) is 16.7 Å². The van der Waals surface area contributed by atoms with Crippen LogP contribution in [0.4, 0.5) is 14.9 Å². The van der Waals surface area contributed by atoms with Crippen LogP contribution in [0, 0.1) is 5.82 Å². The molecule has 0 saturated heterocycles. The molecule has 0 radical (unpaired) electrons. The molecule has 54 heavy (non-hydrogen) atoms. The lowest BCUT2D eigenvalue weighted by Crippen LogP contribution is -2.45. The summed E-state index contributed by atoms with van der Waals surface area (Å²) in [5.41, 5.74) is 3.51. The standard InChI is InChI=1S/C42H32FN5O6/c43-32-19-16-30(17-20-32)39-44-24-35(47-42(52)53-26-28-12-6-2-7-13-28)41(51)48(39)25-37(49)45-34(22-27-10-4-1-5-11-27)38(50)40-46-33-23-31(18-21-36(33)54-40)29-14-8-3-9-15-29/h1-21,23-24,34H,22,25-26H2,(H,45,49)(H,47,52). The molecule has 2 amide bonds. The number of halogens is 1. The Balaban J connectivity index is 1.16. The smallest absolute Gasteiger partial charge is 0.412 e. The molecule has 7 rings (SSSR count). The van der Waals surface area contributed by atoms with Gasteiger partial charge in [-0.1, -0.05) is 97.1 Å². The lowest BCUT2D eigenvalue weighted by Gasteiger charge is -2.18. The van der Waals surface area contributed by atoms with Gasteiger partial charge in [-0.3, -0.25) is 24.3 Å². The molecule has 7 aromatic rings. The van der Waals surface area contributed by atoms with Gasteiger partial charge in [-0.25, -0.2) is 19.2 Å². The normalized spacial score (nSPS) is 11.5. The van der Waals surface area contributed by atoms with Crippen LogP contribution in [0.3, 0.4) is 0 Å². The van der Waals surface area contributed by atoms with Crippen molar-refractivity contribution in [3.63, 3.8) is 0 Å². The predicted molar refractivity (Wildman–Crippen MR) is 200 cm³/mol. The summed E-state index contributed by atoms with van der Waals surface area (Å²) in [6.07, 6.45) is 0.315. The predicted octanol–water partition coefficient (Wildman–Crippen LogP) is 7.22. The summed E-state index contributed by atoms with van der Waals surface area (Å²) in [6.45, 7) is -0.658. The monoisotopic (exact) mass is 721 g/mol. The van der Waals surface area contributed by atoms with E-state index in [2.05, 4.69) is 20.6 Å². The molecule has 0 aliphatic rings. The van der Waals surface area contributed by atoms with Gasteiger partial charge in [0.25, 0.3) is 11.4 Å². The van der Waals surface area contributed by atoms with Crippen LogP contribution in [-0.2, 0) is 29.1 Å². The average molecular weight is 722 g/mol. The van der Waals surface area contributed by atoms with E-state index in [0.717, 1.165) is 33.0 Å². The van der Waals surface area contributed by atoms with Crippen LogP contribution in [-0.4, -0.2) is 38.4 Å². The quantitative estimate of drug-likeness (QED) is 0.126. The van der Waals surface area contributed by atoms with Gasteiger partial charge in [0.05, 0.1) is 6.20 Å². The van der Waals surface area contributed by atoms with Gasteiger partial charge in [0.15, 0.2) is 5.58 Å². The third-order valence-electron chi connectivity index (χ3n) is 8.54. The summed E-state index contributed by atoms with van der Waals surface area (Å²) in [5.74, 6) is -1.98. The molecule has 0 fully saturated rings.